The van der Waals surface area contributed by atoms with Gasteiger partial charge in [-0.25, -0.2) is 33.0 Å². The number of alkyl halides is 1. The molecule has 208 valence electrons. The van der Waals surface area contributed by atoms with Gasteiger partial charge in [-0.05, 0) is 5.56 Å². The number of ether oxygens (including phenoxy) is 1. The molecule has 0 radical (unpaired) electrons. The van der Waals surface area contributed by atoms with Crippen molar-refractivity contribution in [2.24, 2.45) is 0 Å². The minimum Gasteiger partial charge on any atom is -0.387 e. The predicted octanol–water partition coefficient (Wildman–Crippen LogP) is 1.38. The van der Waals surface area contributed by atoms with E-state index >= 15 is 0 Å². The molecule has 1 aliphatic rings. The van der Waals surface area contributed by atoms with Crippen LogP contribution in [0.25, 0.3) is 11.2 Å². The number of halogens is 1. The van der Waals surface area contributed by atoms with Crippen molar-refractivity contribution in [1.82, 2.24) is 19.5 Å². The molecule has 38 heavy (non-hydrogen) atoms. The number of rotatable bonds is 11. The molecule has 1 fully saturated rings. The van der Waals surface area contributed by atoms with E-state index in [9.17, 15) is 33.0 Å². The summed E-state index contributed by atoms with van der Waals surface area (Å²) in [5.41, 5.74) is 1.37. The normalized spacial score (nSPS) is 25.2. The summed E-state index contributed by atoms with van der Waals surface area (Å²) in [7, 11) is -16.8. The average Bonchev–Trinajstić information content (AvgIpc) is 3.36. The van der Waals surface area contributed by atoms with Gasteiger partial charge < -0.3 is 34.7 Å². The highest BCUT2D eigenvalue weighted by molar-refractivity contribution is 7.66. The van der Waals surface area contributed by atoms with Gasteiger partial charge in [-0.3, -0.25) is 9.09 Å². The SMILES string of the molecule is O=P(O)(O)OP(=O)(O)OP(=O)(O)OC[C@H]1O[C@@H](n2cnc3c(NCc4ccccc4)ncnc32)[C@H](F)[C@@H]1O. The third-order valence-electron chi connectivity index (χ3n) is 5.05. The standard InChI is InChI=1S/C17H21FN5O12P3/c18-12-14(24)11(7-32-37(28,29)35-38(30,31)34-36(25,26)27)33-17(12)23-9-22-13-15(20-8-21-16(13)23)19-6-10-4-2-1-3-5-10/h1-5,8-9,11-12,14,17,24H,6-7H2,(H,28,29)(H,30,31)(H,19,20,21)(H2,25,26,27)/t11-,12-,14-,17-/m1/s1. The van der Waals surface area contributed by atoms with Gasteiger partial charge in [0.2, 0.25) is 0 Å². The molecule has 0 spiro atoms. The first-order valence-electron chi connectivity index (χ1n) is 10.5. The van der Waals surface area contributed by atoms with Gasteiger partial charge in [-0.1, -0.05) is 30.3 Å². The lowest BCUT2D eigenvalue weighted by atomic mass is 10.1. The van der Waals surface area contributed by atoms with E-state index in [4.69, 9.17) is 14.5 Å². The molecule has 2 aromatic heterocycles. The summed E-state index contributed by atoms with van der Waals surface area (Å²) in [4.78, 5) is 48.3. The molecule has 2 unspecified atom stereocenters. The monoisotopic (exact) mass is 599 g/mol. The Balaban J connectivity index is 1.44. The summed E-state index contributed by atoms with van der Waals surface area (Å²) in [6.07, 6.45) is -4.70. The molecule has 0 saturated carbocycles. The van der Waals surface area contributed by atoms with Crippen LogP contribution in [0, 0.1) is 0 Å². The number of aliphatic hydroxyl groups is 1. The van der Waals surface area contributed by atoms with E-state index in [1.165, 1.54) is 17.2 Å². The molecule has 1 aromatic carbocycles. The Hall–Kier alpha value is -2.17. The van der Waals surface area contributed by atoms with Crippen LogP contribution >= 0.6 is 23.5 Å². The average molecular weight is 599 g/mol. The van der Waals surface area contributed by atoms with Crippen LogP contribution in [0.3, 0.4) is 0 Å². The summed E-state index contributed by atoms with van der Waals surface area (Å²) >= 11 is 0. The Bertz CT molecular complexity index is 1420. The maximum atomic E-state index is 15.0. The van der Waals surface area contributed by atoms with Crippen LogP contribution in [0.1, 0.15) is 11.8 Å². The van der Waals surface area contributed by atoms with Crippen LogP contribution in [0.2, 0.25) is 0 Å². The number of phosphoric ester groups is 1. The largest absolute Gasteiger partial charge is 0.490 e. The highest BCUT2D eigenvalue weighted by atomic mass is 31.3. The summed E-state index contributed by atoms with van der Waals surface area (Å²) in [6.45, 7) is -0.625. The minimum absolute atomic E-state index is 0.143. The quantitative estimate of drug-likeness (QED) is 0.170. The number of fused-ring (bicyclic) bond motifs is 1. The van der Waals surface area contributed by atoms with Crippen LogP contribution in [-0.4, -0.2) is 69.2 Å². The number of nitrogens with one attached hydrogen (secondary N) is 1. The van der Waals surface area contributed by atoms with Crippen LogP contribution in [-0.2, 0) is 38.1 Å². The van der Waals surface area contributed by atoms with Crippen molar-refractivity contribution in [3.05, 3.63) is 48.5 Å². The third-order valence-corrected chi connectivity index (χ3v) is 8.85. The maximum Gasteiger partial charge on any atom is 0.490 e. The van der Waals surface area contributed by atoms with Crippen molar-refractivity contribution in [2.75, 3.05) is 11.9 Å². The number of hydrogen-bond donors (Lipinski definition) is 6. The zero-order valence-corrected chi connectivity index (χ0v) is 21.6. The van der Waals surface area contributed by atoms with Crippen molar-refractivity contribution in [1.29, 1.82) is 0 Å². The molecule has 0 amide bonds. The molecular weight excluding hydrogens is 578 g/mol. The second-order valence-electron chi connectivity index (χ2n) is 7.77. The van der Waals surface area contributed by atoms with E-state index in [0.717, 1.165) is 5.56 Å². The molecule has 21 heteroatoms. The fourth-order valence-electron chi connectivity index (χ4n) is 3.49. The van der Waals surface area contributed by atoms with E-state index in [1.54, 1.807) is 0 Å². The number of nitrogens with zero attached hydrogens (tertiary/aromatic N) is 4. The molecule has 3 aromatic rings. The highest BCUT2D eigenvalue weighted by Gasteiger charge is 2.48. The van der Waals surface area contributed by atoms with E-state index in [0.29, 0.717) is 12.4 Å². The lowest BCUT2D eigenvalue weighted by Crippen LogP contribution is -2.31. The second kappa shape index (κ2) is 11.1. The van der Waals surface area contributed by atoms with Crippen molar-refractivity contribution in [2.45, 2.75) is 31.2 Å². The molecule has 0 aliphatic carbocycles. The van der Waals surface area contributed by atoms with Crippen LogP contribution in [0.15, 0.2) is 43.0 Å². The van der Waals surface area contributed by atoms with E-state index in [-0.39, 0.29) is 11.2 Å². The maximum absolute atomic E-state index is 15.0. The fraction of sp³-hybridized carbons (Fsp3) is 0.353. The zero-order chi connectivity index (χ0) is 27.7. The molecule has 4 rings (SSSR count). The van der Waals surface area contributed by atoms with Gasteiger partial charge in [0, 0.05) is 6.54 Å². The molecule has 6 N–H and O–H groups in total. The topological polar surface area (TPSA) is 245 Å². The lowest BCUT2D eigenvalue weighted by Gasteiger charge is -2.19. The molecule has 3 heterocycles. The smallest absolute Gasteiger partial charge is 0.387 e. The number of aliphatic hydroxyl groups excluding tert-OH is 1. The Labute approximate surface area is 212 Å². The number of phosphoric acid groups is 3. The second-order valence-corrected chi connectivity index (χ2v) is 12.2. The summed E-state index contributed by atoms with van der Waals surface area (Å²) < 4.78 is 67.3. The Morgan fingerprint density at radius 1 is 1.03 bits per heavy atom. The number of benzene rings is 1. The molecule has 1 saturated heterocycles. The van der Waals surface area contributed by atoms with Gasteiger partial charge in [0.05, 0.1) is 12.9 Å². The summed E-state index contributed by atoms with van der Waals surface area (Å²) in [5, 5.41) is 13.3. The Kier molecular flexibility index (Phi) is 8.45. The fourth-order valence-corrected chi connectivity index (χ4v) is 6.52. The van der Waals surface area contributed by atoms with Gasteiger partial charge in [0.25, 0.3) is 0 Å². The van der Waals surface area contributed by atoms with Gasteiger partial charge in [0.15, 0.2) is 29.4 Å². The number of anilines is 1. The van der Waals surface area contributed by atoms with Crippen molar-refractivity contribution < 1.29 is 60.6 Å². The number of imidazole rings is 1. The number of aromatic nitrogens is 4. The van der Waals surface area contributed by atoms with Gasteiger partial charge in [0.1, 0.15) is 18.5 Å². The molecule has 1 aliphatic heterocycles. The molecule has 6 atom stereocenters. The first-order valence-corrected chi connectivity index (χ1v) is 15.0. The third kappa shape index (κ3) is 7.07. The van der Waals surface area contributed by atoms with Crippen molar-refractivity contribution in [3.8, 4) is 0 Å². The molecule has 0 bridgehead atoms. The molecule has 17 nitrogen and oxygen atoms in total. The van der Waals surface area contributed by atoms with Crippen LogP contribution in [0.4, 0.5) is 10.2 Å². The summed E-state index contributed by atoms with van der Waals surface area (Å²) in [6, 6.07) is 9.40. The first-order chi connectivity index (χ1) is 17.7. The highest BCUT2D eigenvalue weighted by Crippen LogP contribution is 2.66. The predicted molar refractivity (Wildman–Crippen MR) is 124 cm³/mol. The number of hydrogen-bond acceptors (Lipinski definition) is 12. The lowest BCUT2D eigenvalue weighted by molar-refractivity contribution is -0.0450. The summed E-state index contributed by atoms with van der Waals surface area (Å²) in [5.74, 6) is 0.343. The van der Waals surface area contributed by atoms with Crippen molar-refractivity contribution >= 4 is 40.4 Å². The van der Waals surface area contributed by atoms with Crippen LogP contribution in [0.5, 0.6) is 0 Å². The zero-order valence-electron chi connectivity index (χ0n) is 18.9. The Morgan fingerprint density at radius 2 is 1.74 bits per heavy atom. The van der Waals surface area contributed by atoms with E-state index in [1.807, 2.05) is 30.3 Å². The minimum atomic E-state index is -5.74. The first kappa shape index (κ1) is 28.8. The van der Waals surface area contributed by atoms with E-state index in [2.05, 4.69) is 33.4 Å². The van der Waals surface area contributed by atoms with E-state index < -0.39 is 54.7 Å². The van der Waals surface area contributed by atoms with Crippen LogP contribution < -0.4 is 5.32 Å². The van der Waals surface area contributed by atoms with Gasteiger partial charge in [-0.15, -0.1) is 0 Å². The van der Waals surface area contributed by atoms with Gasteiger partial charge >= 0.3 is 23.5 Å². The van der Waals surface area contributed by atoms with Gasteiger partial charge in [-0.2, -0.15) is 8.62 Å². The van der Waals surface area contributed by atoms with Crippen molar-refractivity contribution in [3.63, 3.8) is 0 Å². The Morgan fingerprint density at radius 3 is 2.42 bits per heavy atom. The molecular formula is C17H21FN5O12P3.